The summed E-state index contributed by atoms with van der Waals surface area (Å²) >= 11 is 0. The maximum atomic E-state index is 10.8. The van der Waals surface area contributed by atoms with Gasteiger partial charge in [0.15, 0.2) is 0 Å². The fourth-order valence-electron chi connectivity index (χ4n) is 1.51. The molecule has 0 fully saturated rings. The summed E-state index contributed by atoms with van der Waals surface area (Å²) in [6.07, 6.45) is 3.96. The molecule has 0 bridgehead atoms. The zero-order valence-corrected chi connectivity index (χ0v) is 8.62. The highest BCUT2D eigenvalue weighted by Gasteiger charge is 2.01. The average molecular weight is 191 g/mol. The van der Waals surface area contributed by atoms with E-state index >= 15 is 0 Å². The lowest BCUT2D eigenvalue weighted by atomic mass is 10.0. The minimum absolute atomic E-state index is 0.724. The van der Waals surface area contributed by atoms with Crippen LogP contribution in [-0.2, 0) is 6.42 Å². The molecule has 0 unspecified atom stereocenters. The van der Waals surface area contributed by atoms with Crippen molar-refractivity contribution in [3.05, 3.63) is 34.9 Å². The smallest absolute Gasteiger partial charge is 0.150 e. The van der Waals surface area contributed by atoms with E-state index in [1.807, 2.05) is 25.1 Å². The van der Waals surface area contributed by atoms with Gasteiger partial charge < -0.3 is 5.73 Å². The SMILES string of the molecule is Cc1ccc(CCCCN)c(C=O)c1. The fourth-order valence-corrected chi connectivity index (χ4v) is 1.51. The van der Waals surface area contributed by atoms with Gasteiger partial charge in [-0.05, 0) is 44.4 Å². The Labute approximate surface area is 85.1 Å². The summed E-state index contributed by atoms with van der Waals surface area (Å²) in [5, 5.41) is 0. The number of carbonyl (C=O) groups is 1. The van der Waals surface area contributed by atoms with Crippen molar-refractivity contribution in [1.29, 1.82) is 0 Å². The third-order valence-corrected chi connectivity index (χ3v) is 2.33. The molecule has 2 N–H and O–H groups in total. The number of aldehydes is 1. The molecule has 0 aromatic heterocycles. The molecule has 0 aliphatic rings. The van der Waals surface area contributed by atoms with E-state index in [1.54, 1.807) is 0 Å². The van der Waals surface area contributed by atoms with Gasteiger partial charge in [0.2, 0.25) is 0 Å². The summed E-state index contributed by atoms with van der Waals surface area (Å²) in [6.45, 7) is 2.72. The number of rotatable bonds is 5. The van der Waals surface area contributed by atoms with Gasteiger partial charge in [-0.15, -0.1) is 0 Å². The number of carbonyl (C=O) groups excluding carboxylic acids is 1. The molecular weight excluding hydrogens is 174 g/mol. The van der Waals surface area contributed by atoms with Crippen LogP contribution >= 0.6 is 0 Å². The molecule has 0 aliphatic heterocycles. The molecule has 0 heterocycles. The minimum Gasteiger partial charge on any atom is -0.330 e. The maximum absolute atomic E-state index is 10.8. The topological polar surface area (TPSA) is 43.1 Å². The van der Waals surface area contributed by atoms with Crippen LogP contribution in [0.25, 0.3) is 0 Å². The molecule has 1 aromatic carbocycles. The monoisotopic (exact) mass is 191 g/mol. The lowest BCUT2D eigenvalue weighted by Crippen LogP contribution is -2.00. The second-order valence-electron chi connectivity index (χ2n) is 3.57. The normalized spacial score (nSPS) is 10.1. The van der Waals surface area contributed by atoms with Crippen LogP contribution in [0.15, 0.2) is 18.2 Å². The molecule has 0 atom stereocenters. The Bertz CT molecular complexity index is 307. The van der Waals surface area contributed by atoms with Crippen molar-refractivity contribution in [1.82, 2.24) is 0 Å². The first kappa shape index (κ1) is 10.9. The van der Waals surface area contributed by atoms with Crippen LogP contribution in [0.3, 0.4) is 0 Å². The zero-order valence-electron chi connectivity index (χ0n) is 8.62. The van der Waals surface area contributed by atoms with Crippen LogP contribution < -0.4 is 5.73 Å². The number of hydrogen-bond acceptors (Lipinski definition) is 2. The summed E-state index contributed by atoms with van der Waals surface area (Å²) in [7, 11) is 0. The van der Waals surface area contributed by atoms with Gasteiger partial charge in [0, 0.05) is 5.56 Å². The molecule has 1 rings (SSSR count). The fraction of sp³-hybridized carbons (Fsp3) is 0.417. The van der Waals surface area contributed by atoms with E-state index in [0.717, 1.165) is 48.8 Å². The number of nitrogens with two attached hydrogens (primary N) is 1. The van der Waals surface area contributed by atoms with Gasteiger partial charge in [-0.25, -0.2) is 0 Å². The Morgan fingerprint density at radius 2 is 2.14 bits per heavy atom. The van der Waals surface area contributed by atoms with Crippen molar-refractivity contribution in [3.8, 4) is 0 Å². The number of aryl methyl sites for hydroxylation is 2. The molecule has 0 amide bonds. The molecule has 14 heavy (non-hydrogen) atoms. The van der Waals surface area contributed by atoms with Crippen LogP contribution in [0.4, 0.5) is 0 Å². The predicted molar refractivity (Wildman–Crippen MR) is 58.6 cm³/mol. The Morgan fingerprint density at radius 1 is 1.36 bits per heavy atom. The Balaban J connectivity index is 2.70. The number of benzene rings is 1. The zero-order chi connectivity index (χ0) is 10.4. The van der Waals surface area contributed by atoms with Gasteiger partial charge in [-0.3, -0.25) is 4.79 Å². The van der Waals surface area contributed by atoms with Crippen molar-refractivity contribution in [2.75, 3.05) is 6.54 Å². The molecule has 76 valence electrons. The van der Waals surface area contributed by atoms with Gasteiger partial charge in [-0.1, -0.05) is 17.7 Å². The summed E-state index contributed by atoms with van der Waals surface area (Å²) in [5.41, 5.74) is 8.51. The third kappa shape index (κ3) is 2.96. The molecule has 0 spiro atoms. The van der Waals surface area contributed by atoms with Crippen LogP contribution in [0.5, 0.6) is 0 Å². The van der Waals surface area contributed by atoms with E-state index in [4.69, 9.17) is 5.73 Å². The molecular formula is C12H17NO. The van der Waals surface area contributed by atoms with Gasteiger partial charge in [0.05, 0.1) is 0 Å². The van der Waals surface area contributed by atoms with Crippen LogP contribution in [0.2, 0.25) is 0 Å². The summed E-state index contributed by atoms with van der Waals surface area (Å²) < 4.78 is 0. The largest absolute Gasteiger partial charge is 0.330 e. The van der Waals surface area contributed by atoms with E-state index in [2.05, 4.69) is 0 Å². The second-order valence-corrected chi connectivity index (χ2v) is 3.57. The van der Waals surface area contributed by atoms with Gasteiger partial charge >= 0.3 is 0 Å². The van der Waals surface area contributed by atoms with E-state index in [0.29, 0.717) is 0 Å². The number of unbranched alkanes of at least 4 members (excludes halogenated alkanes) is 1. The van der Waals surface area contributed by atoms with E-state index < -0.39 is 0 Å². The highest BCUT2D eigenvalue weighted by atomic mass is 16.1. The molecule has 0 saturated carbocycles. The quantitative estimate of drug-likeness (QED) is 0.572. The average Bonchev–Trinajstić information content (AvgIpc) is 2.20. The molecule has 2 nitrogen and oxygen atoms in total. The van der Waals surface area contributed by atoms with Crippen LogP contribution in [-0.4, -0.2) is 12.8 Å². The molecule has 0 radical (unpaired) electrons. The van der Waals surface area contributed by atoms with Gasteiger partial charge in [0.25, 0.3) is 0 Å². The van der Waals surface area contributed by atoms with Crippen molar-refractivity contribution in [3.63, 3.8) is 0 Å². The van der Waals surface area contributed by atoms with Gasteiger partial charge in [0.1, 0.15) is 6.29 Å². The first-order valence-electron chi connectivity index (χ1n) is 5.02. The van der Waals surface area contributed by atoms with Crippen LogP contribution in [0, 0.1) is 6.92 Å². The second kappa shape index (κ2) is 5.55. The van der Waals surface area contributed by atoms with E-state index in [1.165, 1.54) is 0 Å². The molecule has 0 saturated heterocycles. The lowest BCUT2D eigenvalue weighted by molar-refractivity contribution is 0.112. The van der Waals surface area contributed by atoms with E-state index in [9.17, 15) is 4.79 Å². The van der Waals surface area contributed by atoms with Crippen molar-refractivity contribution in [2.24, 2.45) is 5.73 Å². The predicted octanol–water partition coefficient (Wildman–Crippen LogP) is 2.09. The maximum Gasteiger partial charge on any atom is 0.150 e. The highest BCUT2D eigenvalue weighted by molar-refractivity contribution is 5.77. The third-order valence-electron chi connectivity index (χ3n) is 2.33. The van der Waals surface area contributed by atoms with Gasteiger partial charge in [-0.2, -0.15) is 0 Å². The minimum atomic E-state index is 0.724. The van der Waals surface area contributed by atoms with Crippen molar-refractivity contribution in [2.45, 2.75) is 26.2 Å². The van der Waals surface area contributed by atoms with Crippen molar-refractivity contribution >= 4 is 6.29 Å². The summed E-state index contributed by atoms with van der Waals surface area (Å²) in [6, 6.07) is 6.02. The standard InChI is InChI=1S/C12H17NO/c1-10-5-6-11(4-2-3-7-13)12(8-10)9-14/h5-6,8-9H,2-4,7,13H2,1H3. The molecule has 1 aromatic rings. The lowest BCUT2D eigenvalue weighted by Gasteiger charge is -2.05. The molecule has 2 heteroatoms. The van der Waals surface area contributed by atoms with Crippen LogP contribution in [0.1, 0.15) is 34.3 Å². The Hall–Kier alpha value is -1.15. The summed E-state index contributed by atoms with van der Waals surface area (Å²) in [4.78, 5) is 10.8. The first-order valence-corrected chi connectivity index (χ1v) is 5.02. The highest BCUT2D eigenvalue weighted by Crippen LogP contribution is 2.12. The van der Waals surface area contributed by atoms with E-state index in [-0.39, 0.29) is 0 Å². The molecule has 0 aliphatic carbocycles. The number of hydrogen-bond donors (Lipinski definition) is 1. The summed E-state index contributed by atoms with van der Waals surface area (Å²) in [5.74, 6) is 0. The Morgan fingerprint density at radius 3 is 2.79 bits per heavy atom. The van der Waals surface area contributed by atoms with Crippen molar-refractivity contribution < 1.29 is 4.79 Å². The first-order chi connectivity index (χ1) is 6.77. The Kier molecular flexibility index (Phi) is 4.33.